The van der Waals surface area contributed by atoms with Crippen molar-refractivity contribution in [1.82, 2.24) is 14.9 Å². The molecule has 4 heteroatoms. The molecule has 0 N–H and O–H groups in total. The number of aromatic nitrogens is 2. The summed E-state index contributed by atoms with van der Waals surface area (Å²) in [5.41, 5.74) is 9.31. The van der Waals surface area contributed by atoms with E-state index in [1.165, 1.54) is 39.1 Å². The average Bonchev–Trinajstić information content (AvgIpc) is 2.91. The number of aryl methyl sites for hydroxylation is 3. The molecule has 3 heterocycles. The van der Waals surface area contributed by atoms with E-state index < -0.39 is 0 Å². The summed E-state index contributed by atoms with van der Waals surface area (Å²) in [4.78, 5) is 11.7. The van der Waals surface area contributed by atoms with Crippen molar-refractivity contribution in [2.75, 3.05) is 13.1 Å². The highest BCUT2D eigenvalue weighted by atomic mass is 35.5. The fourth-order valence-electron chi connectivity index (χ4n) is 4.88. The Kier molecular flexibility index (Phi) is 5.41. The summed E-state index contributed by atoms with van der Waals surface area (Å²) < 4.78 is 0. The number of nitrogens with zero attached hydrogens (tertiary/aromatic N) is 3. The Morgan fingerprint density at radius 3 is 2.80 bits per heavy atom. The Morgan fingerprint density at radius 2 is 1.97 bits per heavy atom. The third-order valence-electron chi connectivity index (χ3n) is 6.32. The number of rotatable bonds is 3. The smallest absolute Gasteiger partial charge is 0.0551 e. The number of fused-ring (bicyclic) bond motifs is 2. The summed E-state index contributed by atoms with van der Waals surface area (Å²) in [6.45, 7) is 5.07. The van der Waals surface area contributed by atoms with E-state index >= 15 is 0 Å². The van der Waals surface area contributed by atoms with E-state index in [9.17, 15) is 0 Å². The van der Waals surface area contributed by atoms with Crippen molar-refractivity contribution in [1.29, 1.82) is 0 Å². The van der Waals surface area contributed by atoms with Gasteiger partial charge in [-0.25, -0.2) is 0 Å². The van der Waals surface area contributed by atoms with Crippen LogP contribution < -0.4 is 0 Å². The lowest BCUT2D eigenvalue weighted by Crippen LogP contribution is -2.30. The second-order valence-electron chi connectivity index (χ2n) is 8.46. The summed E-state index contributed by atoms with van der Waals surface area (Å²) in [5.74, 6) is 0.235. The van der Waals surface area contributed by atoms with Crippen LogP contribution in [0.3, 0.4) is 0 Å². The topological polar surface area (TPSA) is 29.0 Å². The van der Waals surface area contributed by atoms with Crippen LogP contribution in [-0.4, -0.2) is 28.0 Å². The molecule has 3 aromatic rings. The quantitative estimate of drug-likeness (QED) is 0.529. The molecular formula is C26H26ClN3. The summed E-state index contributed by atoms with van der Waals surface area (Å²) in [6, 6.07) is 12.9. The van der Waals surface area contributed by atoms with Crippen molar-refractivity contribution in [3.8, 4) is 0 Å². The van der Waals surface area contributed by atoms with E-state index in [0.29, 0.717) is 0 Å². The Balaban J connectivity index is 1.46. The van der Waals surface area contributed by atoms with Gasteiger partial charge >= 0.3 is 0 Å². The first-order valence-corrected chi connectivity index (χ1v) is 11.1. The largest absolute Gasteiger partial charge is 0.295 e. The van der Waals surface area contributed by atoms with Gasteiger partial charge in [0.1, 0.15) is 0 Å². The maximum atomic E-state index is 6.34. The predicted octanol–water partition coefficient (Wildman–Crippen LogP) is 5.50. The van der Waals surface area contributed by atoms with Crippen LogP contribution in [0.25, 0.3) is 0 Å². The lowest BCUT2D eigenvalue weighted by Gasteiger charge is -2.31. The van der Waals surface area contributed by atoms with Crippen molar-refractivity contribution in [2.24, 2.45) is 0 Å². The van der Waals surface area contributed by atoms with E-state index in [0.717, 1.165) is 43.9 Å². The maximum absolute atomic E-state index is 6.34. The molecule has 1 aliphatic heterocycles. The monoisotopic (exact) mass is 415 g/mol. The van der Waals surface area contributed by atoms with Crippen LogP contribution in [-0.2, 0) is 19.4 Å². The first-order chi connectivity index (χ1) is 14.7. The minimum atomic E-state index is 0.235. The minimum absolute atomic E-state index is 0.235. The second kappa shape index (κ2) is 8.33. The highest BCUT2D eigenvalue weighted by Gasteiger charge is 2.29. The molecule has 1 unspecified atom stereocenters. The fraction of sp³-hybridized carbons (Fsp3) is 0.308. The first-order valence-electron chi connectivity index (χ1n) is 10.7. The molecule has 3 nitrogen and oxygen atoms in total. The third kappa shape index (κ3) is 3.92. The van der Waals surface area contributed by atoms with E-state index in [4.69, 9.17) is 16.6 Å². The minimum Gasteiger partial charge on any atom is -0.295 e. The van der Waals surface area contributed by atoms with Crippen LogP contribution in [0.15, 0.2) is 66.6 Å². The Bertz CT molecular complexity index is 1100. The molecule has 0 fully saturated rings. The maximum Gasteiger partial charge on any atom is 0.0551 e. The molecule has 0 saturated heterocycles. The van der Waals surface area contributed by atoms with Gasteiger partial charge in [-0.1, -0.05) is 41.4 Å². The summed E-state index contributed by atoms with van der Waals surface area (Å²) in [7, 11) is 0. The first kappa shape index (κ1) is 19.5. The SMILES string of the molecule is Cc1cncc(CN2CC=C(C3c4ccc(Cl)cc4CCc4cccnc43)CC2)c1. The molecule has 1 aliphatic carbocycles. The highest BCUT2D eigenvalue weighted by Crippen LogP contribution is 2.40. The van der Waals surface area contributed by atoms with Crippen molar-refractivity contribution in [2.45, 2.75) is 38.6 Å². The van der Waals surface area contributed by atoms with Gasteiger partial charge in [-0.05, 0) is 72.2 Å². The Hall–Kier alpha value is -2.49. The van der Waals surface area contributed by atoms with Crippen molar-refractivity contribution >= 4 is 11.6 Å². The Morgan fingerprint density at radius 1 is 1.07 bits per heavy atom. The highest BCUT2D eigenvalue weighted by molar-refractivity contribution is 6.30. The van der Waals surface area contributed by atoms with Gasteiger partial charge in [-0.2, -0.15) is 0 Å². The van der Waals surface area contributed by atoms with Gasteiger partial charge in [0, 0.05) is 49.2 Å². The fourth-order valence-corrected chi connectivity index (χ4v) is 5.08. The number of halogens is 1. The van der Waals surface area contributed by atoms with Gasteiger partial charge in [0.25, 0.3) is 0 Å². The predicted molar refractivity (Wildman–Crippen MR) is 122 cm³/mol. The molecule has 5 rings (SSSR count). The van der Waals surface area contributed by atoms with Gasteiger partial charge in [0.2, 0.25) is 0 Å². The van der Waals surface area contributed by atoms with Crippen LogP contribution in [0.2, 0.25) is 5.02 Å². The average molecular weight is 416 g/mol. The zero-order chi connectivity index (χ0) is 20.5. The standard InChI is InChI=1S/C26H26ClN3/c1-18-13-19(16-28-15-18)17-30-11-8-20(9-12-30)25-24-7-6-23(27)14-22(24)5-4-21-3-2-10-29-26(21)25/h2-3,6-8,10,13-16,25H,4-5,9,11-12,17H2,1H3. The van der Waals surface area contributed by atoms with Crippen LogP contribution in [0.1, 0.15) is 45.8 Å². The lowest BCUT2D eigenvalue weighted by molar-refractivity contribution is 0.283. The van der Waals surface area contributed by atoms with Gasteiger partial charge in [0.15, 0.2) is 0 Å². The van der Waals surface area contributed by atoms with Gasteiger partial charge in [-0.15, -0.1) is 0 Å². The summed E-state index contributed by atoms with van der Waals surface area (Å²) >= 11 is 6.34. The van der Waals surface area contributed by atoms with E-state index in [2.05, 4.69) is 53.2 Å². The summed E-state index contributed by atoms with van der Waals surface area (Å²) in [5, 5.41) is 0.821. The second-order valence-corrected chi connectivity index (χ2v) is 8.90. The summed E-state index contributed by atoms with van der Waals surface area (Å²) in [6.07, 6.45) is 11.4. The molecule has 0 saturated carbocycles. The van der Waals surface area contributed by atoms with E-state index in [-0.39, 0.29) is 5.92 Å². The molecule has 152 valence electrons. The zero-order valence-corrected chi connectivity index (χ0v) is 18.1. The molecular weight excluding hydrogens is 390 g/mol. The van der Waals surface area contributed by atoms with Crippen LogP contribution in [0.4, 0.5) is 0 Å². The van der Waals surface area contributed by atoms with E-state index in [1.807, 2.05) is 24.7 Å². The van der Waals surface area contributed by atoms with Crippen LogP contribution >= 0.6 is 11.6 Å². The number of pyridine rings is 2. The normalized spacial score (nSPS) is 18.9. The van der Waals surface area contributed by atoms with Gasteiger partial charge < -0.3 is 0 Å². The van der Waals surface area contributed by atoms with Crippen molar-refractivity contribution < 1.29 is 0 Å². The lowest BCUT2D eigenvalue weighted by atomic mass is 9.82. The molecule has 2 aliphatic rings. The van der Waals surface area contributed by atoms with Gasteiger partial charge in [0.05, 0.1) is 5.69 Å². The molecule has 1 atom stereocenters. The zero-order valence-electron chi connectivity index (χ0n) is 17.3. The third-order valence-corrected chi connectivity index (χ3v) is 6.55. The number of benzene rings is 1. The molecule has 1 aromatic carbocycles. The number of hydrogen-bond acceptors (Lipinski definition) is 3. The number of hydrogen-bond donors (Lipinski definition) is 0. The van der Waals surface area contributed by atoms with E-state index in [1.54, 1.807) is 0 Å². The van der Waals surface area contributed by atoms with Crippen LogP contribution in [0, 0.1) is 6.92 Å². The van der Waals surface area contributed by atoms with Gasteiger partial charge in [-0.3, -0.25) is 14.9 Å². The molecule has 0 radical (unpaired) electrons. The molecule has 30 heavy (non-hydrogen) atoms. The molecule has 2 aromatic heterocycles. The molecule has 0 bridgehead atoms. The van der Waals surface area contributed by atoms with Crippen molar-refractivity contribution in [3.63, 3.8) is 0 Å². The molecule has 0 amide bonds. The van der Waals surface area contributed by atoms with Crippen molar-refractivity contribution in [3.05, 3.63) is 105 Å². The molecule has 0 spiro atoms. The Labute approximate surface area is 183 Å². The van der Waals surface area contributed by atoms with Crippen LogP contribution in [0.5, 0.6) is 0 Å².